The van der Waals surface area contributed by atoms with E-state index in [1.54, 1.807) is 7.11 Å². The number of halogens is 1. The van der Waals surface area contributed by atoms with E-state index in [0.717, 1.165) is 52.3 Å². The third-order valence-electron chi connectivity index (χ3n) is 6.27. The summed E-state index contributed by atoms with van der Waals surface area (Å²) in [6.07, 6.45) is 7.42. The zero-order chi connectivity index (χ0) is 22.9. The van der Waals surface area contributed by atoms with Crippen LogP contribution in [0.3, 0.4) is 0 Å². The molecule has 1 aliphatic rings. The molecule has 0 bridgehead atoms. The lowest BCUT2D eigenvalue weighted by molar-refractivity contribution is 0.415. The third-order valence-corrected chi connectivity index (χ3v) is 7.14. The lowest BCUT2D eigenvalue weighted by Crippen LogP contribution is -2.24. The Hall–Kier alpha value is -2.83. The second kappa shape index (κ2) is 9.20. The van der Waals surface area contributed by atoms with Gasteiger partial charge in [0.2, 0.25) is 0 Å². The number of hydrogen-bond donors (Lipinski definition) is 1. The number of nitrogens with zero attached hydrogens (tertiary/aromatic N) is 2. The largest absolute Gasteiger partial charge is 0.497 e. The molecule has 0 saturated carbocycles. The molecule has 0 aliphatic carbocycles. The highest BCUT2D eigenvalue weighted by atomic mass is 79.9. The van der Waals surface area contributed by atoms with Crippen molar-refractivity contribution in [3.8, 4) is 28.1 Å². The predicted molar refractivity (Wildman–Crippen MR) is 143 cm³/mol. The van der Waals surface area contributed by atoms with Crippen LogP contribution in [0.1, 0.15) is 24.1 Å². The molecule has 5 rings (SSSR count). The molecule has 4 nitrogen and oxygen atoms in total. The maximum absolute atomic E-state index is 5.93. The highest BCUT2D eigenvalue weighted by Gasteiger charge is 2.28. The van der Waals surface area contributed by atoms with Crippen LogP contribution in [0.2, 0.25) is 0 Å². The van der Waals surface area contributed by atoms with Gasteiger partial charge in [-0.2, -0.15) is 0 Å². The van der Waals surface area contributed by atoms with Gasteiger partial charge in [-0.05, 0) is 54.7 Å². The van der Waals surface area contributed by atoms with Crippen molar-refractivity contribution in [2.24, 2.45) is 0 Å². The fraction of sp³-hybridized carbons (Fsp3) is 0.222. The summed E-state index contributed by atoms with van der Waals surface area (Å²) in [5.41, 5.74) is 8.44. The third kappa shape index (κ3) is 3.91. The van der Waals surface area contributed by atoms with E-state index in [-0.39, 0.29) is 0 Å². The smallest absolute Gasteiger partial charge is 0.124 e. The fourth-order valence-electron chi connectivity index (χ4n) is 4.78. The molecule has 0 saturated heterocycles. The topological polar surface area (TPSA) is 30.6 Å². The molecule has 2 aromatic carbocycles. The zero-order valence-corrected chi connectivity index (χ0v) is 21.0. The summed E-state index contributed by atoms with van der Waals surface area (Å²) in [6, 6.07) is 16.9. The molecule has 0 fully saturated rings. The highest BCUT2D eigenvalue weighted by Crippen LogP contribution is 2.40. The average molecular weight is 520 g/mol. The van der Waals surface area contributed by atoms with Crippen LogP contribution in [0, 0.1) is 0 Å². The van der Waals surface area contributed by atoms with Crippen molar-refractivity contribution in [2.45, 2.75) is 25.8 Å². The number of thiocarbonyl (C=S) groups is 1. The SMILES string of the molecule is C=CCNC(=S)c1c(-c2ccc(OC)cc2)c2c3n(c(-c4ccc(Br)cc4)cn13)CCCC2. The number of hydrogen-bond acceptors (Lipinski definition) is 2. The maximum Gasteiger partial charge on any atom is 0.124 e. The van der Waals surface area contributed by atoms with E-state index >= 15 is 0 Å². The number of methoxy groups -OCH3 is 1. The summed E-state index contributed by atoms with van der Waals surface area (Å²) in [6.45, 7) is 5.47. The van der Waals surface area contributed by atoms with Crippen molar-refractivity contribution in [2.75, 3.05) is 13.7 Å². The number of aryl methyl sites for hydroxylation is 2. The minimum absolute atomic E-state index is 0.629. The molecule has 0 unspecified atom stereocenters. The fourth-order valence-corrected chi connectivity index (χ4v) is 5.33. The normalized spacial score (nSPS) is 13.0. The average Bonchev–Trinajstić information content (AvgIpc) is 3.26. The quantitative estimate of drug-likeness (QED) is 0.229. The zero-order valence-electron chi connectivity index (χ0n) is 18.6. The van der Waals surface area contributed by atoms with Crippen molar-refractivity contribution < 1.29 is 4.74 Å². The molecule has 1 aliphatic heterocycles. The molecule has 0 amide bonds. The van der Waals surface area contributed by atoms with Crippen molar-refractivity contribution in [1.82, 2.24) is 14.3 Å². The van der Waals surface area contributed by atoms with E-state index < -0.39 is 0 Å². The number of aromatic nitrogens is 2. The standard InChI is InChI=1S/C27H26BrN3OS/c1-3-15-29-26(33)25-24(19-9-13-21(32-2)14-10-19)22-6-4-5-16-30-23(17-31(25)27(22)30)18-7-11-20(28)12-8-18/h3,7-14,17H,1,4-6,15-16H2,2H3,(H,29,33). The highest BCUT2D eigenvalue weighted by molar-refractivity contribution is 9.10. The molecular weight excluding hydrogens is 494 g/mol. The number of rotatable bonds is 6. The minimum atomic E-state index is 0.629. The van der Waals surface area contributed by atoms with E-state index in [2.05, 4.69) is 79.4 Å². The predicted octanol–water partition coefficient (Wildman–Crippen LogP) is 6.63. The van der Waals surface area contributed by atoms with Crippen LogP contribution in [-0.2, 0) is 13.0 Å². The Kier molecular flexibility index (Phi) is 6.13. The van der Waals surface area contributed by atoms with Crippen LogP contribution >= 0.6 is 28.1 Å². The first-order valence-electron chi connectivity index (χ1n) is 11.2. The molecule has 4 aromatic rings. The van der Waals surface area contributed by atoms with E-state index in [0.29, 0.717) is 6.54 Å². The van der Waals surface area contributed by atoms with Crippen LogP contribution < -0.4 is 10.1 Å². The monoisotopic (exact) mass is 519 g/mol. The van der Waals surface area contributed by atoms with Crippen LogP contribution in [0.25, 0.3) is 28.0 Å². The number of benzene rings is 2. The van der Waals surface area contributed by atoms with E-state index in [4.69, 9.17) is 17.0 Å². The summed E-state index contributed by atoms with van der Waals surface area (Å²) in [4.78, 5) is 0.738. The second-order valence-electron chi connectivity index (χ2n) is 8.25. The Morgan fingerprint density at radius 1 is 1.12 bits per heavy atom. The van der Waals surface area contributed by atoms with Gasteiger partial charge in [-0.3, -0.25) is 4.40 Å². The van der Waals surface area contributed by atoms with Gasteiger partial charge in [0.1, 0.15) is 16.4 Å². The number of ether oxygens (including phenoxy) is 1. The Bertz CT molecular complexity index is 1330. The summed E-state index contributed by atoms with van der Waals surface area (Å²) in [7, 11) is 1.70. The minimum Gasteiger partial charge on any atom is -0.497 e. The van der Waals surface area contributed by atoms with Gasteiger partial charge in [-0.15, -0.1) is 6.58 Å². The van der Waals surface area contributed by atoms with Crippen molar-refractivity contribution in [3.05, 3.63) is 83.1 Å². The Labute approximate surface area is 208 Å². The van der Waals surface area contributed by atoms with Crippen LogP contribution in [0.15, 0.2) is 71.9 Å². The van der Waals surface area contributed by atoms with Crippen LogP contribution in [0.5, 0.6) is 5.75 Å². The van der Waals surface area contributed by atoms with Crippen LogP contribution in [-0.4, -0.2) is 27.6 Å². The van der Waals surface area contributed by atoms with Gasteiger partial charge in [0, 0.05) is 34.9 Å². The first-order chi connectivity index (χ1) is 16.1. The van der Waals surface area contributed by atoms with Gasteiger partial charge >= 0.3 is 0 Å². The van der Waals surface area contributed by atoms with Gasteiger partial charge < -0.3 is 14.6 Å². The first-order valence-corrected chi connectivity index (χ1v) is 12.4. The van der Waals surface area contributed by atoms with Crippen molar-refractivity contribution >= 4 is 38.8 Å². The number of imidazole rings is 1. The Morgan fingerprint density at radius 3 is 2.55 bits per heavy atom. The summed E-state index contributed by atoms with van der Waals surface area (Å²) in [5, 5.41) is 3.38. The Morgan fingerprint density at radius 2 is 1.85 bits per heavy atom. The molecule has 0 radical (unpaired) electrons. The Balaban J connectivity index is 1.79. The molecule has 0 atom stereocenters. The van der Waals surface area contributed by atoms with Crippen LogP contribution in [0.4, 0.5) is 0 Å². The van der Waals surface area contributed by atoms with Gasteiger partial charge in [0.15, 0.2) is 0 Å². The summed E-state index contributed by atoms with van der Waals surface area (Å²) < 4.78 is 11.3. The van der Waals surface area contributed by atoms with Crippen molar-refractivity contribution in [1.29, 1.82) is 0 Å². The molecule has 1 N–H and O–H groups in total. The summed E-state index contributed by atoms with van der Waals surface area (Å²) in [5.74, 6) is 0.851. The van der Waals surface area contributed by atoms with E-state index in [9.17, 15) is 0 Å². The molecule has 33 heavy (non-hydrogen) atoms. The van der Waals surface area contributed by atoms with Gasteiger partial charge in [-0.1, -0.05) is 58.5 Å². The molecule has 6 heteroatoms. The maximum atomic E-state index is 5.93. The van der Waals surface area contributed by atoms with Gasteiger partial charge in [0.25, 0.3) is 0 Å². The van der Waals surface area contributed by atoms with Gasteiger partial charge in [-0.25, -0.2) is 0 Å². The van der Waals surface area contributed by atoms with Crippen molar-refractivity contribution in [3.63, 3.8) is 0 Å². The summed E-state index contributed by atoms with van der Waals surface area (Å²) >= 11 is 9.49. The lowest BCUT2D eigenvalue weighted by Gasteiger charge is -2.12. The second-order valence-corrected chi connectivity index (χ2v) is 9.58. The lowest BCUT2D eigenvalue weighted by atomic mass is 9.98. The van der Waals surface area contributed by atoms with E-state index in [1.807, 2.05) is 18.2 Å². The number of nitrogens with one attached hydrogen (secondary N) is 1. The molecule has 0 spiro atoms. The molecule has 3 heterocycles. The molecular formula is C27H26BrN3OS. The first kappa shape index (κ1) is 22.0. The van der Waals surface area contributed by atoms with E-state index in [1.165, 1.54) is 28.0 Å². The molecule has 2 aromatic heterocycles. The molecule has 168 valence electrons. The van der Waals surface area contributed by atoms with Gasteiger partial charge in [0.05, 0.1) is 18.5 Å².